The summed E-state index contributed by atoms with van der Waals surface area (Å²) in [4.78, 5) is 8.83. The van der Waals surface area contributed by atoms with Gasteiger partial charge in [0, 0.05) is 35.0 Å². The summed E-state index contributed by atoms with van der Waals surface area (Å²) < 4.78 is 2.80. The Morgan fingerprint density at radius 1 is 1.10 bits per heavy atom. The van der Waals surface area contributed by atoms with Crippen molar-refractivity contribution in [3.8, 4) is 22.6 Å². The Kier molecular flexibility index (Phi) is 3.28. The first-order valence-electron chi connectivity index (χ1n) is 6.15. The highest BCUT2D eigenvalue weighted by molar-refractivity contribution is 9.10. The van der Waals surface area contributed by atoms with Crippen LogP contribution < -0.4 is 5.73 Å². The van der Waals surface area contributed by atoms with Crippen LogP contribution in [0.4, 0.5) is 5.82 Å². The molecule has 0 saturated carbocycles. The third-order valence-corrected chi connectivity index (χ3v) is 3.58. The van der Waals surface area contributed by atoms with Gasteiger partial charge in [-0.05, 0) is 22.0 Å². The van der Waals surface area contributed by atoms with E-state index in [1.54, 1.807) is 12.4 Å². The van der Waals surface area contributed by atoms with Crippen LogP contribution in [0.1, 0.15) is 0 Å². The molecule has 0 fully saturated rings. The Hall–Kier alpha value is -2.14. The molecule has 0 bridgehead atoms. The Morgan fingerprint density at radius 3 is 2.55 bits per heavy atom. The summed E-state index contributed by atoms with van der Waals surface area (Å²) in [6.45, 7) is 0. The third kappa shape index (κ3) is 2.20. The standard InChI is InChI=1S/C15H13BrN4/c1-20-14(17)13(11-7-12(16)9-18-8-11)19-15(20)10-5-3-2-4-6-10/h2-9H,17H2,1H3. The van der Waals surface area contributed by atoms with Crippen molar-refractivity contribution in [2.24, 2.45) is 7.05 Å². The Balaban J connectivity index is 2.16. The van der Waals surface area contributed by atoms with E-state index >= 15 is 0 Å². The first kappa shape index (κ1) is 12.9. The molecule has 0 amide bonds. The lowest BCUT2D eigenvalue weighted by Crippen LogP contribution is -1.98. The van der Waals surface area contributed by atoms with E-state index in [1.165, 1.54) is 0 Å². The van der Waals surface area contributed by atoms with Crippen molar-refractivity contribution < 1.29 is 0 Å². The van der Waals surface area contributed by atoms with Gasteiger partial charge in [-0.3, -0.25) is 4.98 Å². The van der Waals surface area contributed by atoms with Gasteiger partial charge in [0.15, 0.2) is 0 Å². The van der Waals surface area contributed by atoms with Crippen molar-refractivity contribution in [2.45, 2.75) is 0 Å². The number of hydrogen-bond acceptors (Lipinski definition) is 3. The van der Waals surface area contributed by atoms with Crippen LogP contribution in [0.2, 0.25) is 0 Å². The maximum atomic E-state index is 6.18. The molecule has 0 spiro atoms. The molecule has 2 heterocycles. The zero-order valence-electron chi connectivity index (χ0n) is 10.9. The maximum absolute atomic E-state index is 6.18. The van der Waals surface area contributed by atoms with Gasteiger partial charge in [-0.1, -0.05) is 30.3 Å². The number of benzene rings is 1. The molecule has 2 N–H and O–H groups in total. The predicted octanol–water partition coefficient (Wildman–Crippen LogP) is 3.49. The van der Waals surface area contributed by atoms with E-state index < -0.39 is 0 Å². The minimum Gasteiger partial charge on any atom is -0.383 e. The van der Waals surface area contributed by atoms with E-state index in [0.717, 1.165) is 27.1 Å². The molecule has 0 aliphatic carbocycles. The van der Waals surface area contributed by atoms with Gasteiger partial charge in [0.25, 0.3) is 0 Å². The monoisotopic (exact) mass is 328 g/mol. The fourth-order valence-electron chi connectivity index (χ4n) is 2.11. The number of halogens is 1. The van der Waals surface area contributed by atoms with Gasteiger partial charge in [0.1, 0.15) is 17.3 Å². The molecule has 0 saturated heterocycles. The van der Waals surface area contributed by atoms with E-state index in [0.29, 0.717) is 5.82 Å². The summed E-state index contributed by atoms with van der Waals surface area (Å²) in [7, 11) is 1.92. The van der Waals surface area contributed by atoms with Crippen LogP contribution in [0.25, 0.3) is 22.6 Å². The van der Waals surface area contributed by atoms with Crippen molar-refractivity contribution in [3.05, 3.63) is 53.3 Å². The van der Waals surface area contributed by atoms with Crippen molar-refractivity contribution in [2.75, 3.05) is 5.73 Å². The maximum Gasteiger partial charge on any atom is 0.142 e. The molecule has 0 aliphatic heterocycles. The molecule has 4 nitrogen and oxygen atoms in total. The summed E-state index contributed by atoms with van der Waals surface area (Å²) in [5.74, 6) is 1.47. The number of nitrogen functional groups attached to an aromatic ring is 1. The summed E-state index contributed by atoms with van der Waals surface area (Å²) >= 11 is 3.42. The fraction of sp³-hybridized carbons (Fsp3) is 0.0667. The first-order chi connectivity index (χ1) is 9.66. The predicted molar refractivity (Wildman–Crippen MR) is 84.0 cm³/mol. The SMILES string of the molecule is Cn1c(-c2ccccc2)nc(-c2cncc(Br)c2)c1N. The smallest absolute Gasteiger partial charge is 0.142 e. The van der Waals surface area contributed by atoms with E-state index in [9.17, 15) is 0 Å². The molecule has 100 valence electrons. The molecule has 0 radical (unpaired) electrons. The highest BCUT2D eigenvalue weighted by Crippen LogP contribution is 2.30. The number of nitrogens with two attached hydrogens (primary N) is 1. The number of aromatic nitrogens is 3. The van der Waals surface area contributed by atoms with Gasteiger partial charge >= 0.3 is 0 Å². The highest BCUT2D eigenvalue weighted by atomic mass is 79.9. The average Bonchev–Trinajstić information content (AvgIpc) is 2.76. The van der Waals surface area contributed by atoms with Gasteiger partial charge in [-0.2, -0.15) is 0 Å². The largest absolute Gasteiger partial charge is 0.383 e. The molecule has 3 rings (SSSR count). The van der Waals surface area contributed by atoms with Gasteiger partial charge in [-0.15, -0.1) is 0 Å². The number of imidazole rings is 1. The zero-order valence-corrected chi connectivity index (χ0v) is 12.5. The lowest BCUT2D eigenvalue weighted by molar-refractivity contribution is 0.937. The molecule has 1 aromatic carbocycles. The van der Waals surface area contributed by atoms with Crippen LogP contribution in [0.15, 0.2) is 53.3 Å². The molecular weight excluding hydrogens is 316 g/mol. The molecule has 0 aliphatic rings. The summed E-state index contributed by atoms with van der Waals surface area (Å²) in [5, 5.41) is 0. The molecule has 3 aromatic rings. The van der Waals surface area contributed by atoms with E-state index in [4.69, 9.17) is 5.73 Å². The van der Waals surface area contributed by atoms with Crippen molar-refractivity contribution in [1.82, 2.24) is 14.5 Å². The Bertz CT molecular complexity index is 750. The molecular formula is C15H13BrN4. The minimum atomic E-state index is 0.628. The number of rotatable bonds is 2. The van der Waals surface area contributed by atoms with Crippen LogP contribution in [0.5, 0.6) is 0 Å². The highest BCUT2D eigenvalue weighted by Gasteiger charge is 2.15. The second-order valence-electron chi connectivity index (χ2n) is 4.49. The molecule has 20 heavy (non-hydrogen) atoms. The summed E-state index contributed by atoms with van der Waals surface area (Å²) in [6.07, 6.45) is 3.50. The van der Waals surface area contributed by atoms with Gasteiger partial charge in [-0.25, -0.2) is 4.98 Å². The lowest BCUT2D eigenvalue weighted by atomic mass is 10.2. The minimum absolute atomic E-state index is 0.628. The van der Waals surface area contributed by atoms with Crippen molar-refractivity contribution in [3.63, 3.8) is 0 Å². The zero-order chi connectivity index (χ0) is 14.1. The first-order valence-corrected chi connectivity index (χ1v) is 6.94. The summed E-state index contributed by atoms with van der Waals surface area (Å²) in [5.41, 5.74) is 8.87. The number of pyridine rings is 1. The molecule has 2 aromatic heterocycles. The van der Waals surface area contributed by atoms with Gasteiger partial charge in [0.05, 0.1) is 0 Å². The molecule has 0 atom stereocenters. The normalized spacial score (nSPS) is 10.7. The van der Waals surface area contributed by atoms with Crippen molar-refractivity contribution >= 4 is 21.7 Å². The van der Waals surface area contributed by atoms with E-state index in [2.05, 4.69) is 25.9 Å². The Labute approximate surface area is 125 Å². The van der Waals surface area contributed by atoms with E-state index in [1.807, 2.05) is 48.0 Å². The second-order valence-corrected chi connectivity index (χ2v) is 5.40. The Morgan fingerprint density at radius 2 is 1.85 bits per heavy atom. The average molecular weight is 329 g/mol. The quantitative estimate of drug-likeness (QED) is 0.783. The molecule has 5 heteroatoms. The topological polar surface area (TPSA) is 56.7 Å². The number of hydrogen-bond donors (Lipinski definition) is 1. The van der Waals surface area contributed by atoms with Crippen LogP contribution in [0, 0.1) is 0 Å². The second kappa shape index (κ2) is 5.09. The van der Waals surface area contributed by atoms with Crippen LogP contribution in [-0.4, -0.2) is 14.5 Å². The number of anilines is 1. The van der Waals surface area contributed by atoms with Gasteiger partial charge < -0.3 is 10.3 Å². The van der Waals surface area contributed by atoms with E-state index in [-0.39, 0.29) is 0 Å². The molecule has 0 unspecified atom stereocenters. The lowest BCUT2D eigenvalue weighted by Gasteiger charge is -2.02. The van der Waals surface area contributed by atoms with Crippen LogP contribution >= 0.6 is 15.9 Å². The van der Waals surface area contributed by atoms with Crippen molar-refractivity contribution in [1.29, 1.82) is 0 Å². The van der Waals surface area contributed by atoms with Gasteiger partial charge in [0.2, 0.25) is 0 Å². The number of nitrogens with zero attached hydrogens (tertiary/aromatic N) is 3. The summed E-state index contributed by atoms with van der Waals surface area (Å²) in [6, 6.07) is 12.0. The fourth-order valence-corrected chi connectivity index (χ4v) is 2.48. The van der Waals surface area contributed by atoms with Crippen LogP contribution in [-0.2, 0) is 7.05 Å². The third-order valence-electron chi connectivity index (χ3n) is 3.15. The van der Waals surface area contributed by atoms with Crippen LogP contribution in [0.3, 0.4) is 0 Å².